The molecule has 0 radical (unpaired) electrons. The molecule has 0 aliphatic carbocycles. The van der Waals surface area contributed by atoms with E-state index in [1.54, 1.807) is 0 Å². The van der Waals surface area contributed by atoms with E-state index in [1.165, 1.54) is 0 Å². The van der Waals surface area contributed by atoms with E-state index in [9.17, 15) is 0 Å². The van der Waals surface area contributed by atoms with Gasteiger partial charge in [-0.2, -0.15) is 0 Å². The van der Waals surface area contributed by atoms with Crippen LogP contribution in [0.25, 0.3) is 0 Å². The van der Waals surface area contributed by atoms with Crippen LogP contribution in [-0.4, -0.2) is 23.0 Å². The molecule has 0 heterocycles. The Balaban J connectivity index is -0.0000000267. The van der Waals surface area contributed by atoms with E-state index < -0.39 is 10.4 Å². The van der Waals surface area contributed by atoms with E-state index in [4.69, 9.17) is 17.5 Å². The van der Waals surface area contributed by atoms with Gasteiger partial charge >= 0.3 is 71.2 Å². The van der Waals surface area contributed by atoms with Crippen LogP contribution >= 0.6 is 0 Å². The molecule has 0 aliphatic heterocycles. The molecule has 5 nitrogen and oxygen atoms in total. The third kappa shape index (κ3) is 92.5. The fourth-order valence-electron chi connectivity index (χ4n) is 0. The van der Waals surface area contributed by atoms with Crippen LogP contribution in [0.4, 0.5) is 0 Å². The molecule has 0 amide bonds. The van der Waals surface area contributed by atoms with Gasteiger partial charge in [0, 0.05) is 10.4 Å². The quantitative estimate of drug-likeness (QED) is 0.249. The molecule has 0 bridgehead atoms. The average Bonchev–Trinajstić information content (AvgIpc) is 0.722. The molecule has 8 heavy (non-hydrogen) atoms. The fraction of sp³-hybridized carbons (Fsp3) is 0. The van der Waals surface area contributed by atoms with Crippen molar-refractivity contribution in [2.24, 2.45) is 0 Å². The van der Waals surface area contributed by atoms with Gasteiger partial charge in [-0.3, -0.25) is 8.42 Å². The van der Waals surface area contributed by atoms with E-state index >= 15 is 0 Å². The number of rotatable bonds is 0. The minimum Gasteiger partial charge on any atom is -0.759 e. The zero-order valence-corrected chi connectivity index (χ0v) is 10.4. The van der Waals surface area contributed by atoms with Crippen LogP contribution in [0.2, 0.25) is 0 Å². The second kappa shape index (κ2) is 9.10. The van der Waals surface area contributed by atoms with Crippen molar-refractivity contribution in [3.8, 4) is 0 Å². The maximum absolute atomic E-state index is 8.52. The second-order valence-corrected chi connectivity index (χ2v) is 1.22. The van der Waals surface area contributed by atoms with Crippen molar-refractivity contribution in [2.45, 2.75) is 0 Å². The Morgan fingerprint density at radius 1 is 1.12 bits per heavy atom. The van der Waals surface area contributed by atoms with Gasteiger partial charge in [0.05, 0.1) is 0 Å². The summed E-state index contributed by atoms with van der Waals surface area (Å²) in [6.45, 7) is 0. The van der Waals surface area contributed by atoms with Gasteiger partial charge < -0.3 is 14.6 Å². The average molecular weight is 343 g/mol. The topological polar surface area (TPSA) is 112 Å². The van der Waals surface area contributed by atoms with E-state index in [1.807, 2.05) is 0 Å². The van der Waals surface area contributed by atoms with Crippen molar-refractivity contribution in [1.29, 1.82) is 0 Å². The SMILES string of the molecule is O.O=S(=O)([O-])[O-].[K+].[Os+4]. The maximum atomic E-state index is 8.52. The predicted molar refractivity (Wildman–Crippen MR) is 14.1 cm³/mol. The van der Waals surface area contributed by atoms with E-state index in [2.05, 4.69) is 0 Å². The minimum atomic E-state index is -5.17. The molecule has 2 N–H and O–H groups in total. The van der Waals surface area contributed by atoms with Crippen molar-refractivity contribution in [2.75, 3.05) is 0 Å². The molecule has 8 heteroatoms. The zero-order valence-electron chi connectivity index (χ0n) is 3.89. The monoisotopic (exact) mass is 345 g/mol. The fourth-order valence-corrected chi connectivity index (χ4v) is 0. The summed E-state index contributed by atoms with van der Waals surface area (Å²) in [5.74, 6) is 0. The third-order valence-corrected chi connectivity index (χ3v) is 0. The van der Waals surface area contributed by atoms with Gasteiger partial charge in [-0.1, -0.05) is 0 Å². The van der Waals surface area contributed by atoms with Crippen LogP contribution in [0.5, 0.6) is 0 Å². The summed E-state index contributed by atoms with van der Waals surface area (Å²) in [7, 11) is -5.17. The molecule has 0 atom stereocenters. The molecule has 0 aromatic rings. The molecule has 0 saturated carbocycles. The predicted octanol–water partition coefficient (Wildman–Crippen LogP) is -5.16. The van der Waals surface area contributed by atoms with Crippen molar-refractivity contribution < 1.29 is 94.2 Å². The first kappa shape index (κ1) is 22.5. The van der Waals surface area contributed by atoms with Crippen LogP contribution in [0.15, 0.2) is 0 Å². The standard InChI is InChI=1S/K.H2O4S.H2O.Os/c;1-5(2,3)4;;/h;(H2,1,2,3,4);1H2;/q+1;;;+4/p-2. The van der Waals surface area contributed by atoms with Gasteiger partial charge in [0.1, 0.15) is 0 Å². The van der Waals surface area contributed by atoms with Crippen LogP contribution in [-0.2, 0) is 30.2 Å². The summed E-state index contributed by atoms with van der Waals surface area (Å²) in [6.07, 6.45) is 0. The van der Waals surface area contributed by atoms with Crippen molar-refractivity contribution in [1.82, 2.24) is 0 Å². The molecular formula is H2KO5OsS+3. The normalized spacial score (nSPS) is 7.25. The largest absolute Gasteiger partial charge is 4.00 e. The Morgan fingerprint density at radius 3 is 1.12 bits per heavy atom. The Bertz CT molecular complexity index is 95.6. The molecule has 0 fully saturated rings. The Kier molecular flexibility index (Phi) is 25.6. The summed E-state index contributed by atoms with van der Waals surface area (Å²) < 4.78 is 34.1. The second-order valence-electron chi connectivity index (χ2n) is 0.408. The van der Waals surface area contributed by atoms with Crippen molar-refractivity contribution >= 4 is 10.4 Å². The van der Waals surface area contributed by atoms with Gasteiger partial charge in [-0.05, 0) is 0 Å². The molecular weight excluding hydrogens is 341 g/mol. The zero-order chi connectivity index (χ0) is 4.50. The molecule has 0 aromatic carbocycles. The van der Waals surface area contributed by atoms with Gasteiger partial charge in [-0.25, -0.2) is 0 Å². The minimum absolute atomic E-state index is 0. The summed E-state index contributed by atoms with van der Waals surface area (Å²) in [4.78, 5) is 0. The molecule has 0 rings (SSSR count). The maximum Gasteiger partial charge on any atom is 4.00 e. The van der Waals surface area contributed by atoms with Crippen LogP contribution in [0, 0.1) is 0 Å². The first-order valence-electron chi connectivity index (χ1n) is 0.667. The molecule has 0 aliphatic rings. The third-order valence-electron chi connectivity index (χ3n) is 0. The van der Waals surface area contributed by atoms with Gasteiger partial charge in [0.2, 0.25) is 0 Å². The Hall–Kier alpha value is 2.10. The number of hydrogen-bond acceptors (Lipinski definition) is 4. The molecule has 0 saturated heterocycles. The summed E-state index contributed by atoms with van der Waals surface area (Å²) in [6, 6.07) is 0. The Labute approximate surface area is 103 Å². The van der Waals surface area contributed by atoms with Crippen LogP contribution in [0.1, 0.15) is 0 Å². The van der Waals surface area contributed by atoms with E-state index in [-0.39, 0.29) is 76.7 Å². The van der Waals surface area contributed by atoms with Crippen LogP contribution < -0.4 is 51.4 Å². The molecule has 0 spiro atoms. The first-order chi connectivity index (χ1) is 2.00. The van der Waals surface area contributed by atoms with Gasteiger partial charge in [0.15, 0.2) is 0 Å². The van der Waals surface area contributed by atoms with E-state index in [0.29, 0.717) is 0 Å². The van der Waals surface area contributed by atoms with Gasteiger partial charge in [-0.15, -0.1) is 0 Å². The van der Waals surface area contributed by atoms with E-state index in [0.717, 1.165) is 0 Å². The number of hydrogen-bond donors (Lipinski definition) is 0. The smallest absolute Gasteiger partial charge is 0.759 e. The first-order valence-corrected chi connectivity index (χ1v) is 2.00. The van der Waals surface area contributed by atoms with Crippen molar-refractivity contribution in [3.63, 3.8) is 0 Å². The molecule has 0 aromatic heterocycles. The summed E-state index contributed by atoms with van der Waals surface area (Å²) >= 11 is 0. The summed E-state index contributed by atoms with van der Waals surface area (Å²) in [5.41, 5.74) is 0. The Morgan fingerprint density at radius 2 is 1.12 bits per heavy atom. The van der Waals surface area contributed by atoms with Gasteiger partial charge in [0.25, 0.3) is 0 Å². The van der Waals surface area contributed by atoms with Crippen molar-refractivity contribution in [3.05, 3.63) is 0 Å². The van der Waals surface area contributed by atoms with Crippen LogP contribution in [0.3, 0.4) is 0 Å². The molecule has 0 unspecified atom stereocenters. The summed E-state index contributed by atoms with van der Waals surface area (Å²) in [5, 5.41) is 0. The molecule has 44 valence electrons.